The number of hydrogen-bond acceptors (Lipinski definition) is 3. The van der Waals surface area contributed by atoms with Crippen LogP contribution in [0.15, 0.2) is 36.4 Å². The predicted molar refractivity (Wildman–Crippen MR) is 77.5 cm³/mol. The van der Waals surface area contributed by atoms with Crippen LogP contribution in [0.2, 0.25) is 0 Å². The highest BCUT2D eigenvalue weighted by Gasteiger charge is 2.16. The van der Waals surface area contributed by atoms with Gasteiger partial charge in [-0.2, -0.15) is 0 Å². The molecule has 1 amide bonds. The summed E-state index contributed by atoms with van der Waals surface area (Å²) in [5.74, 6) is -0.954. The Hall–Kier alpha value is -1.72. The molecule has 106 valence electrons. The summed E-state index contributed by atoms with van der Waals surface area (Å²) in [6, 6.07) is 9.90. The van der Waals surface area contributed by atoms with Gasteiger partial charge in [-0.05, 0) is 31.2 Å². The van der Waals surface area contributed by atoms with Crippen molar-refractivity contribution in [3.05, 3.63) is 57.5 Å². The summed E-state index contributed by atoms with van der Waals surface area (Å²) in [4.78, 5) is 14.1. The lowest BCUT2D eigenvalue weighted by molar-refractivity contribution is 0.0834. The lowest BCUT2D eigenvalue weighted by Crippen LogP contribution is -2.29. The largest absolute Gasteiger partial charge is 0.374 e. The van der Waals surface area contributed by atoms with E-state index < -0.39 is 11.7 Å². The van der Waals surface area contributed by atoms with Gasteiger partial charge in [-0.1, -0.05) is 12.1 Å². The van der Waals surface area contributed by atoms with Gasteiger partial charge < -0.3 is 10.1 Å². The fourth-order valence-electron chi connectivity index (χ4n) is 1.85. The number of nitrogens with one attached hydrogen (secondary N) is 1. The molecule has 0 saturated heterocycles. The molecule has 5 heteroatoms. The third-order valence-corrected chi connectivity index (χ3v) is 4.02. The van der Waals surface area contributed by atoms with Gasteiger partial charge in [-0.3, -0.25) is 4.79 Å². The van der Waals surface area contributed by atoms with E-state index in [4.69, 9.17) is 4.74 Å². The smallest absolute Gasteiger partial charge is 0.254 e. The first-order valence-corrected chi connectivity index (χ1v) is 7.05. The lowest BCUT2D eigenvalue weighted by Gasteiger charge is -2.14. The number of amides is 1. The molecule has 0 unspecified atom stereocenters. The number of carbonyl (C=O) groups is 1. The number of hydrogen-bond donors (Lipinski definition) is 1. The predicted octanol–water partition coefficient (Wildman–Crippen LogP) is 3.31. The van der Waals surface area contributed by atoms with E-state index in [2.05, 4.69) is 5.32 Å². The molecule has 0 spiro atoms. The maximum atomic E-state index is 13.5. The molecule has 1 N–H and O–H groups in total. The van der Waals surface area contributed by atoms with E-state index in [1.807, 2.05) is 19.1 Å². The maximum absolute atomic E-state index is 13.5. The van der Waals surface area contributed by atoms with Crippen LogP contribution in [0.3, 0.4) is 0 Å². The monoisotopic (exact) mass is 293 g/mol. The molecule has 2 aromatic rings. The zero-order valence-electron chi connectivity index (χ0n) is 11.4. The van der Waals surface area contributed by atoms with Crippen molar-refractivity contribution in [2.75, 3.05) is 13.7 Å². The van der Waals surface area contributed by atoms with Crippen LogP contribution in [0, 0.1) is 12.7 Å². The number of halogens is 1. The van der Waals surface area contributed by atoms with Gasteiger partial charge in [-0.25, -0.2) is 4.39 Å². The number of ether oxygens (including phenoxy) is 1. The van der Waals surface area contributed by atoms with E-state index in [1.54, 1.807) is 30.6 Å². The Balaban J connectivity index is 2.00. The Morgan fingerprint density at radius 3 is 2.70 bits per heavy atom. The Labute approximate surface area is 121 Å². The molecule has 0 aliphatic rings. The first-order chi connectivity index (χ1) is 9.61. The highest BCUT2D eigenvalue weighted by molar-refractivity contribution is 7.12. The van der Waals surface area contributed by atoms with Crippen molar-refractivity contribution in [2.24, 2.45) is 0 Å². The van der Waals surface area contributed by atoms with Gasteiger partial charge in [0.05, 0.1) is 5.56 Å². The van der Waals surface area contributed by atoms with Crippen LogP contribution >= 0.6 is 11.3 Å². The van der Waals surface area contributed by atoms with Gasteiger partial charge >= 0.3 is 0 Å². The molecule has 1 heterocycles. The Bertz CT molecular complexity index is 597. The summed E-state index contributed by atoms with van der Waals surface area (Å²) in [6.45, 7) is 2.32. The minimum absolute atomic E-state index is 0.0460. The molecule has 1 aromatic heterocycles. The summed E-state index contributed by atoms with van der Waals surface area (Å²) in [7, 11) is 1.59. The molecule has 2 rings (SSSR count). The number of carbonyl (C=O) groups excluding carboxylic acids is 1. The van der Waals surface area contributed by atoms with Crippen LogP contribution < -0.4 is 5.32 Å². The average molecular weight is 293 g/mol. The molecule has 0 aliphatic heterocycles. The van der Waals surface area contributed by atoms with Crippen LogP contribution in [0.5, 0.6) is 0 Å². The highest BCUT2D eigenvalue weighted by atomic mass is 32.1. The van der Waals surface area contributed by atoms with Gasteiger partial charge in [0, 0.05) is 23.4 Å². The third-order valence-electron chi connectivity index (χ3n) is 2.93. The summed E-state index contributed by atoms with van der Waals surface area (Å²) >= 11 is 1.62. The standard InChI is InChI=1S/C15H16FNO2S/c1-10-7-8-14(20-10)13(19-2)9-17-15(18)11-5-3-4-6-12(11)16/h3-8,13H,9H2,1-2H3,(H,17,18)/t13-/m0/s1. The van der Waals surface area contributed by atoms with Crippen molar-refractivity contribution in [1.82, 2.24) is 5.32 Å². The quantitative estimate of drug-likeness (QED) is 0.918. The first kappa shape index (κ1) is 14.7. The van der Waals surface area contributed by atoms with E-state index in [1.165, 1.54) is 17.0 Å². The van der Waals surface area contributed by atoms with Crippen LogP contribution in [0.1, 0.15) is 26.2 Å². The number of aryl methyl sites for hydroxylation is 1. The highest BCUT2D eigenvalue weighted by Crippen LogP contribution is 2.24. The molecule has 1 aromatic carbocycles. The molecular weight excluding hydrogens is 277 g/mol. The topological polar surface area (TPSA) is 38.3 Å². The number of thiophene rings is 1. The van der Waals surface area contributed by atoms with Crippen LogP contribution in [-0.2, 0) is 4.74 Å². The van der Waals surface area contributed by atoms with E-state index in [0.717, 1.165) is 4.88 Å². The van der Waals surface area contributed by atoms with Crippen LogP contribution in [-0.4, -0.2) is 19.6 Å². The van der Waals surface area contributed by atoms with E-state index >= 15 is 0 Å². The SMILES string of the molecule is CO[C@@H](CNC(=O)c1ccccc1F)c1ccc(C)s1. The maximum Gasteiger partial charge on any atom is 0.254 e. The fourth-order valence-corrected chi connectivity index (χ4v) is 2.81. The minimum Gasteiger partial charge on any atom is -0.374 e. The van der Waals surface area contributed by atoms with E-state index in [0.29, 0.717) is 6.54 Å². The molecule has 0 bridgehead atoms. The van der Waals surface area contributed by atoms with E-state index in [-0.39, 0.29) is 11.7 Å². The van der Waals surface area contributed by atoms with Gasteiger partial charge in [0.2, 0.25) is 0 Å². The Morgan fingerprint density at radius 2 is 2.10 bits per heavy atom. The molecule has 20 heavy (non-hydrogen) atoms. The minimum atomic E-state index is -0.522. The second-order valence-electron chi connectivity index (χ2n) is 4.36. The molecule has 3 nitrogen and oxygen atoms in total. The Kier molecular flexibility index (Phi) is 4.87. The van der Waals surface area contributed by atoms with E-state index in [9.17, 15) is 9.18 Å². The normalized spacial score (nSPS) is 12.2. The summed E-state index contributed by atoms with van der Waals surface area (Å²) in [5.41, 5.74) is 0.0460. The molecule has 1 atom stereocenters. The van der Waals surface area contributed by atoms with Gasteiger partial charge in [0.25, 0.3) is 5.91 Å². The number of methoxy groups -OCH3 is 1. The van der Waals surface area contributed by atoms with Crippen LogP contribution in [0.25, 0.3) is 0 Å². The van der Waals surface area contributed by atoms with Crippen molar-refractivity contribution in [3.8, 4) is 0 Å². The molecule has 0 saturated carbocycles. The average Bonchev–Trinajstić information content (AvgIpc) is 2.86. The third kappa shape index (κ3) is 3.43. The number of benzene rings is 1. The molecule has 0 radical (unpaired) electrons. The second kappa shape index (κ2) is 6.63. The van der Waals surface area contributed by atoms with Gasteiger partial charge in [0.15, 0.2) is 0 Å². The summed E-state index contributed by atoms with van der Waals surface area (Å²) in [5, 5.41) is 2.70. The van der Waals surface area contributed by atoms with Crippen molar-refractivity contribution in [2.45, 2.75) is 13.0 Å². The van der Waals surface area contributed by atoms with Gasteiger partial charge in [-0.15, -0.1) is 11.3 Å². The van der Waals surface area contributed by atoms with Crippen molar-refractivity contribution < 1.29 is 13.9 Å². The zero-order chi connectivity index (χ0) is 14.5. The van der Waals surface area contributed by atoms with Crippen molar-refractivity contribution in [1.29, 1.82) is 0 Å². The second-order valence-corrected chi connectivity index (χ2v) is 5.68. The lowest BCUT2D eigenvalue weighted by atomic mass is 10.2. The Morgan fingerprint density at radius 1 is 1.35 bits per heavy atom. The van der Waals surface area contributed by atoms with Crippen molar-refractivity contribution >= 4 is 17.2 Å². The van der Waals surface area contributed by atoms with Crippen molar-refractivity contribution in [3.63, 3.8) is 0 Å². The zero-order valence-corrected chi connectivity index (χ0v) is 12.2. The fraction of sp³-hybridized carbons (Fsp3) is 0.267. The molecular formula is C15H16FNO2S. The van der Waals surface area contributed by atoms with Crippen LogP contribution in [0.4, 0.5) is 4.39 Å². The first-order valence-electron chi connectivity index (χ1n) is 6.23. The van der Waals surface area contributed by atoms with Gasteiger partial charge in [0.1, 0.15) is 11.9 Å². The molecule has 0 fully saturated rings. The number of rotatable bonds is 5. The summed E-state index contributed by atoms with van der Waals surface area (Å²) < 4.78 is 18.9. The summed E-state index contributed by atoms with van der Waals surface area (Å²) in [6.07, 6.45) is -0.218. The molecule has 0 aliphatic carbocycles.